The molecule has 3 heterocycles. The van der Waals surface area contributed by atoms with Gasteiger partial charge in [0.2, 0.25) is 0 Å². The van der Waals surface area contributed by atoms with Crippen molar-refractivity contribution in [3.05, 3.63) is 75.4 Å². The van der Waals surface area contributed by atoms with E-state index in [1.807, 2.05) is 67.1 Å². The molecule has 0 unspecified atom stereocenters. The molecular weight excluding hydrogens is 475 g/mol. The standard InChI is InChI=1S/C24H23BCl3N5/c25-19-13-29-33-23(12-22(31-24(19)33)18-3-1-2-4-21(18)28)30-17-7-9-32(10-8-17)14-15-11-16(26)5-6-20(15)27/h1-6,11-13,17,30H,7-10,14,25H2. The van der Waals surface area contributed by atoms with E-state index in [0.717, 1.165) is 76.3 Å². The maximum absolute atomic E-state index is 6.47. The van der Waals surface area contributed by atoms with Crippen molar-refractivity contribution in [2.24, 2.45) is 0 Å². The summed E-state index contributed by atoms with van der Waals surface area (Å²) in [4.78, 5) is 7.26. The highest BCUT2D eigenvalue weighted by Gasteiger charge is 2.22. The molecular formula is C24H23BCl3N5. The van der Waals surface area contributed by atoms with Crippen LogP contribution in [0.2, 0.25) is 15.1 Å². The summed E-state index contributed by atoms with van der Waals surface area (Å²) in [7, 11) is 2.02. The monoisotopic (exact) mass is 497 g/mol. The van der Waals surface area contributed by atoms with Crippen LogP contribution < -0.4 is 10.8 Å². The lowest BCUT2D eigenvalue weighted by molar-refractivity contribution is 0.211. The molecule has 2 aromatic heterocycles. The number of likely N-dealkylation sites (tertiary alicyclic amines) is 1. The number of anilines is 1. The van der Waals surface area contributed by atoms with Crippen molar-refractivity contribution in [1.82, 2.24) is 19.5 Å². The largest absolute Gasteiger partial charge is 0.367 e. The molecule has 1 N–H and O–H groups in total. The fraction of sp³-hybridized carbons (Fsp3) is 0.250. The molecule has 33 heavy (non-hydrogen) atoms. The second-order valence-electron chi connectivity index (χ2n) is 8.50. The Morgan fingerprint density at radius 1 is 1.00 bits per heavy atom. The molecule has 0 spiro atoms. The van der Waals surface area contributed by atoms with Crippen LogP contribution in [-0.4, -0.2) is 46.5 Å². The highest BCUT2D eigenvalue weighted by atomic mass is 35.5. The van der Waals surface area contributed by atoms with Crippen LogP contribution in [0.15, 0.2) is 54.7 Å². The van der Waals surface area contributed by atoms with Crippen molar-refractivity contribution in [2.75, 3.05) is 18.4 Å². The van der Waals surface area contributed by atoms with E-state index in [1.165, 1.54) is 0 Å². The van der Waals surface area contributed by atoms with Gasteiger partial charge in [-0.05, 0) is 48.1 Å². The number of fused-ring (bicyclic) bond motifs is 1. The Hall–Kier alpha value is -2.25. The van der Waals surface area contributed by atoms with Gasteiger partial charge >= 0.3 is 0 Å². The number of aromatic nitrogens is 3. The molecule has 168 valence electrons. The van der Waals surface area contributed by atoms with Gasteiger partial charge in [0.05, 0.1) is 5.69 Å². The molecule has 1 aliphatic rings. The van der Waals surface area contributed by atoms with Crippen molar-refractivity contribution < 1.29 is 0 Å². The fourth-order valence-corrected chi connectivity index (χ4v) is 4.94. The average Bonchev–Trinajstić information content (AvgIpc) is 3.19. The summed E-state index contributed by atoms with van der Waals surface area (Å²) in [6.45, 7) is 2.76. The second kappa shape index (κ2) is 9.55. The normalized spacial score (nSPS) is 15.2. The van der Waals surface area contributed by atoms with E-state index in [-0.39, 0.29) is 0 Å². The Labute approximate surface area is 209 Å². The Kier molecular flexibility index (Phi) is 6.52. The van der Waals surface area contributed by atoms with Crippen molar-refractivity contribution in [2.45, 2.75) is 25.4 Å². The van der Waals surface area contributed by atoms with Gasteiger partial charge in [-0.15, -0.1) is 0 Å². The molecule has 0 radical (unpaired) electrons. The van der Waals surface area contributed by atoms with E-state index in [4.69, 9.17) is 39.8 Å². The first-order valence-electron chi connectivity index (χ1n) is 11.0. The van der Waals surface area contributed by atoms with Gasteiger partial charge in [0.15, 0.2) is 5.65 Å². The summed E-state index contributed by atoms with van der Waals surface area (Å²) in [6.07, 6.45) is 3.88. The molecule has 0 atom stereocenters. The quantitative estimate of drug-likeness (QED) is 0.406. The molecule has 1 aliphatic heterocycles. The van der Waals surface area contributed by atoms with Crippen LogP contribution in [0.25, 0.3) is 16.9 Å². The maximum atomic E-state index is 6.47. The minimum Gasteiger partial charge on any atom is -0.367 e. The molecule has 0 aliphatic carbocycles. The van der Waals surface area contributed by atoms with Crippen LogP contribution in [-0.2, 0) is 6.54 Å². The first kappa shape index (κ1) is 22.5. The van der Waals surface area contributed by atoms with Crippen LogP contribution in [0.4, 0.5) is 5.82 Å². The molecule has 9 heteroatoms. The minimum absolute atomic E-state index is 0.338. The van der Waals surface area contributed by atoms with Gasteiger partial charge < -0.3 is 5.32 Å². The zero-order chi connectivity index (χ0) is 22.9. The maximum Gasteiger partial charge on any atom is 0.151 e. The molecule has 0 bridgehead atoms. The van der Waals surface area contributed by atoms with Gasteiger partial charge in [0.25, 0.3) is 0 Å². The number of nitrogens with one attached hydrogen (secondary N) is 1. The van der Waals surface area contributed by atoms with Crippen molar-refractivity contribution in [1.29, 1.82) is 0 Å². The third kappa shape index (κ3) is 4.85. The topological polar surface area (TPSA) is 45.5 Å². The molecule has 0 amide bonds. The third-order valence-electron chi connectivity index (χ3n) is 6.14. The smallest absolute Gasteiger partial charge is 0.151 e. The summed E-state index contributed by atoms with van der Waals surface area (Å²) in [5, 5.41) is 10.4. The second-order valence-corrected chi connectivity index (χ2v) is 9.75. The van der Waals surface area contributed by atoms with Gasteiger partial charge in [-0.3, -0.25) is 4.90 Å². The van der Waals surface area contributed by atoms with E-state index in [9.17, 15) is 0 Å². The Morgan fingerprint density at radius 2 is 1.79 bits per heavy atom. The van der Waals surface area contributed by atoms with Crippen LogP contribution in [0.3, 0.4) is 0 Å². The van der Waals surface area contributed by atoms with Gasteiger partial charge in [0.1, 0.15) is 13.7 Å². The number of hydrogen-bond donors (Lipinski definition) is 1. The Balaban J connectivity index is 1.34. The molecule has 5 nitrogen and oxygen atoms in total. The predicted octanol–water partition coefficient (Wildman–Crippen LogP) is 4.69. The Bertz CT molecular complexity index is 1300. The predicted molar refractivity (Wildman–Crippen MR) is 140 cm³/mol. The zero-order valence-corrected chi connectivity index (χ0v) is 20.5. The number of piperidine rings is 1. The number of rotatable bonds is 5. The van der Waals surface area contributed by atoms with E-state index < -0.39 is 0 Å². The molecule has 1 saturated heterocycles. The molecule has 4 aromatic rings. The molecule has 2 aromatic carbocycles. The number of nitrogens with zero attached hydrogens (tertiary/aromatic N) is 4. The van der Waals surface area contributed by atoms with Crippen molar-refractivity contribution in [3.63, 3.8) is 0 Å². The van der Waals surface area contributed by atoms with E-state index >= 15 is 0 Å². The van der Waals surface area contributed by atoms with Gasteiger partial charge in [-0.1, -0.05) is 53.0 Å². The number of halogens is 3. The summed E-state index contributed by atoms with van der Waals surface area (Å²) in [5.41, 5.74) is 4.69. The van der Waals surface area contributed by atoms with Gasteiger partial charge in [0, 0.05) is 58.6 Å². The number of benzene rings is 2. The lowest BCUT2D eigenvalue weighted by Gasteiger charge is -2.33. The fourth-order valence-electron chi connectivity index (χ4n) is 4.33. The lowest BCUT2D eigenvalue weighted by atomic mass is 10.0. The summed E-state index contributed by atoms with van der Waals surface area (Å²) >= 11 is 19.0. The number of hydrogen-bond acceptors (Lipinski definition) is 4. The Morgan fingerprint density at radius 3 is 2.58 bits per heavy atom. The van der Waals surface area contributed by atoms with Gasteiger partial charge in [-0.2, -0.15) is 9.61 Å². The molecule has 0 saturated carbocycles. The third-order valence-corrected chi connectivity index (χ3v) is 7.07. The van der Waals surface area contributed by atoms with E-state index in [0.29, 0.717) is 11.1 Å². The van der Waals surface area contributed by atoms with E-state index in [1.54, 1.807) is 0 Å². The molecule has 5 rings (SSSR count). The first-order valence-corrected chi connectivity index (χ1v) is 12.1. The SMILES string of the molecule is Bc1cnn2c(NC3CCN(Cc4cc(Cl)ccc4Cl)CC3)cc(-c3ccccc3Cl)nc12. The van der Waals surface area contributed by atoms with Crippen molar-refractivity contribution in [3.8, 4) is 11.3 Å². The average molecular weight is 499 g/mol. The first-order chi connectivity index (χ1) is 16.0. The van der Waals surface area contributed by atoms with Crippen molar-refractivity contribution >= 4 is 59.6 Å². The minimum atomic E-state index is 0.338. The lowest BCUT2D eigenvalue weighted by Crippen LogP contribution is -2.39. The summed E-state index contributed by atoms with van der Waals surface area (Å²) < 4.78 is 1.88. The van der Waals surface area contributed by atoms with E-state index in [2.05, 4.69) is 15.3 Å². The highest BCUT2D eigenvalue weighted by molar-refractivity contribution is 6.36. The summed E-state index contributed by atoms with van der Waals surface area (Å²) in [6, 6.07) is 15.8. The van der Waals surface area contributed by atoms with Crippen LogP contribution in [0.5, 0.6) is 0 Å². The summed E-state index contributed by atoms with van der Waals surface area (Å²) in [5.74, 6) is 0.930. The van der Waals surface area contributed by atoms with Crippen LogP contribution in [0.1, 0.15) is 18.4 Å². The highest BCUT2D eigenvalue weighted by Crippen LogP contribution is 2.29. The molecule has 1 fully saturated rings. The zero-order valence-electron chi connectivity index (χ0n) is 18.2. The van der Waals surface area contributed by atoms with Crippen LogP contribution in [0, 0.1) is 0 Å². The van der Waals surface area contributed by atoms with Crippen LogP contribution >= 0.6 is 34.8 Å². The van der Waals surface area contributed by atoms with Gasteiger partial charge in [-0.25, -0.2) is 4.98 Å².